The third-order valence-corrected chi connectivity index (χ3v) is 10.6. The number of para-hydroxylation sites is 1. The van der Waals surface area contributed by atoms with Crippen LogP contribution in [0.2, 0.25) is 5.02 Å². The number of aromatic hydroxyl groups is 2. The average Bonchev–Trinajstić information content (AvgIpc) is 3.61. The van der Waals surface area contributed by atoms with Crippen molar-refractivity contribution in [2.45, 2.75) is 20.0 Å². The van der Waals surface area contributed by atoms with Gasteiger partial charge in [-0.25, -0.2) is 0 Å². The van der Waals surface area contributed by atoms with Crippen molar-refractivity contribution in [3.8, 4) is 22.6 Å². The minimum Gasteiger partial charge on any atom is -0.505 e. The Balaban J connectivity index is 0.949. The molecule has 4 N–H and O–H groups in total. The first kappa shape index (κ1) is 37.2. The standard InChI is InChI=1S/C48H35ClN6O4/c1-28-9-8-12-36(21-28)55-59-27-33-22-29-10-2-4-13-39(29)44(46(33)56)53-51-34-17-19-37-31(24-34)23-32-25-35(18-20-38(32)37)52-54-45-40-14-5-3-11-30(40)26-41(47(45)57)48(58)50-43-16-7-6-15-42(43)49/h2-22,24-26,55-57H,23,27H2,1H3,(H,50,58). The Morgan fingerprint density at radius 2 is 1.27 bits per heavy atom. The average molecular weight is 795 g/mol. The number of anilines is 2. The Morgan fingerprint density at radius 1 is 0.661 bits per heavy atom. The first-order chi connectivity index (χ1) is 28.8. The van der Waals surface area contributed by atoms with Crippen LogP contribution in [0.1, 0.15) is 32.6 Å². The van der Waals surface area contributed by atoms with E-state index < -0.39 is 5.91 Å². The first-order valence-electron chi connectivity index (χ1n) is 18.9. The fourth-order valence-electron chi connectivity index (χ4n) is 7.36. The molecule has 0 saturated carbocycles. The topological polar surface area (TPSA) is 140 Å². The summed E-state index contributed by atoms with van der Waals surface area (Å²) in [6.07, 6.45) is 0.637. The fourth-order valence-corrected chi connectivity index (χ4v) is 7.54. The predicted molar refractivity (Wildman–Crippen MR) is 233 cm³/mol. The summed E-state index contributed by atoms with van der Waals surface area (Å²) in [6, 6.07) is 45.1. The molecule has 1 aliphatic carbocycles. The Bertz CT molecular complexity index is 3020. The van der Waals surface area contributed by atoms with Crippen molar-refractivity contribution in [2.24, 2.45) is 20.5 Å². The molecule has 8 aromatic carbocycles. The predicted octanol–water partition coefficient (Wildman–Crippen LogP) is 13.6. The van der Waals surface area contributed by atoms with Gasteiger partial charge in [-0.2, -0.15) is 10.2 Å². The highest BCUT2D eigenvalue weighted by Crippen LogP contribution is 2.44. The zero-order valence-corrected chi connectivity index (χ0v) is 32.4. The van der Waals surface area contributed by atoms with Gasteiger partial charge in [-0.15, -0.1) is 10.2 Å². The van der Waals surface area contributed by atoms with Crippen molar-refractivity contribution in [3.63, 3.8) is 0 Å². The van der Waals surface area contributed by atoms with Gasteiger partial charge in [0.2, 0.25) is 0 Å². The lowest BCUT2D eigenvalue weighted by atomic mass is 10.0. The lowest BCUT2D eigenvalue weighted by molar-refractivity contribution is 0.102. The van der Waals surface area contributed by atoms with E-state index in [4.69, 9.17) is 16.4 Å². The number of aryl methyl sites for hydroxylation is 1. The van der Waals surface area contributed by atoms with E-state index in [0.29, 0.717) is 45.1 Å². The third-order valence-electron chi connectivity index (χ3n) is 10.3. The van der Waals surface area contributed by atoms with Crippen LogP contribution in [-0.4, -0.2) is 16.1 Å². The second-order valence-electron chi connectivity index (χ2n) is 14.3. The molecule has 0 aromatic heterocycles. The molecular formula is C48H35ClN6O4. The van der Waals surface area contributed by atoms with Gasteiger partial charge in [0.1, 0.15) is 23.7 Å². The summed E-state index contributed by atoms with van der Waals surface area (Å²) in [5.41, 5.74) is 12.0. The van der Waals surface area contributed by atoms with E-state index in [9.17, 15) is 15.0 Å². The normalized spacial score (nSPS) is 12.0. The van der Waals surface area contributed by atoms with Gasteiger partial charge in [-0.05, 0) is 113 Å². The Hall–Kier alpha value is -7.40. The van der Waals surface area contributed by atoms with Gasteiger partial charge in [0, 0.05) is 16.3 Å². The summed E-state index contributed by atoms with van der Waals surface area (Å²) in [5.74, 6) is -0.812. The number of carbonyl (C=O) groups excluding carboxylic acids is 1. The maximum Gasteiger partial charge on any atom is 0.259 e. The van der Waals surface area contributed by atoms with E-state index in [0.717, 1.165) is 49.7 Å². The maximum atomic E-state index is 13.4. The molecule has 1 aliphatic rings. The maximum absolute atomic E-state index is 13.4. The summed E-state index contributed by atoms with van der Waals surface area (Å²) < 4.78 is 0. The van der Waals surface area contributed by atoms with E-state index >= 15 is 0 Å². The van der Waals surface area contributed by atoms with Crippen molar-refractivity contribution in [1.82, 2.24) is 0 Å². The SMILES string of the molecule is Cc1cccc(NOCc2cc3ccccc3c(N=Nc3ccc4c(c3)Cc3cc(N=Nc5c(O)c(C(=O)Nc6ccccc6Cl)cc6ccccc56)ccc3-4)c2O)c1. The molecule has 0 aliphatic heterocycles. The molecule has 0 heterocycles. The zero-order valence-electron chi connectivity index (χ0n) is 31.6. The van der Waals surface area contributed by atoms with Crippen LogP contribution in [0.3, 0.4) is 0 Å². The van der Waals surface area contributed by atoms with Crippen molar-refractivity contribution in [2.75, 3.05) is 10.8 Å². The van der Waals surface area contributed by atoms with Gasteiger partial charge in [0.25, 0.3) is 5.91 Å². The lowest BCUT2D eigenvalue weighted by Crippen LogP contribution is -2.12. The van der Waals surface area contributed by atoms with Crippen molar-refractivity contribution in [3.05, 3.63) is 178 Å². The second kappa shape index (κ2) is 15.9. The van der Waals surface area contributed by atoms with E-state index in [-0.39, 0.29) is 29.4 Å². The molecule has 0 spiro atoms. The largest absolute Gasteiger partial charge is 0.505 e. The number of fused-ring (bicyclic) bond motifs is 5. The lowest BCUT2D eigenvalue weighted by Gasteiger charge is -2.12. The number of nitrogens with one attached hydrogen (secondary N) is 2. The number of rotatable bonds is 10. The summed E-state index contributed by atoms with van der Waals surface area (Å²) in [6.45, 7) is 2.12. The molecule has 0 radical (unpaired) electrons. The molecule has 8 aromatic rings. The molecule has 9 rings (SSSR count). The summed E-state index contributed by atoms with van der Waals surface area (Å²) >= 11 is 6.28. The van der Waals surface area contributed by atoms with Crippen molar-refractivity contribution in [1.29, 1.82) is 0 Å². The van der Waals surface area contributed by atoms with Gasteiger partial charge in [0.15, 0.2) is 5.75 Å². The molecule has 0 fully saturated rings. The van der Waals surface area contributed by atoms with Crippen LogP contribution in [-0.2, 0) is 17.9 Å². The first-order valence-corrected chi connectivity index (χ1v) is 19.3. The zero-order chi connectivity index (χ0) is 40.5. The van der Waals surface area contributed by atoms with Crippen LogP contribution in [0.15, 0.2) is 166 Å². The molecule has 288 valence electrons. The fraction of sp³-hybridized carbons (Fsp3) is 0.0625. The van der Waals surface area contributed by atoms with Crippen LogP contribution in [0.4, 0.5) is 34.1 Å². The highest BCUT2D eigenvalue weighted by Gasteiger charge is 2.22. The van der Waals surface area contributed by atoms with Gasteiger partial charge in [-0.3, -0.25) is 15.1 Å². The van der Waals surface area contributed by atoms with Crippen LogP contribution in [0, 0.1) is 6.92 Å². The monoisotopic (exact) mass is 794 g/mol. The minimum absolute atomic E-state index is 0.00200. The van der Waals surface area contributed by atoms with Crippen LogP contribution in [0.25, 0.3) is 32.7 Å². The molecule has 11 heteroatoms. The molecule has 0 atom stereocenters. The number of phenols is 2. The quantitative estimate of drug-likeness (QED) is 0.0806. The third kappa shape index (κ3) is 7.58. The van der Waals surface area contributed by atoms with E-state index in [1.54, 1.807) is 30.3 Å². The number of hydrogen-bond acceptors (Lipinski definition) is 9. The molecule has 59 heavy (non-hydrogen) atoms. The summed E-state index contributed by atoms with van der Waals surface area (Å²) in [5, 5.41) is 47.1. The van der Waals surface area contributed by atoms with Gasteiger partial charge in [-0.1, -0.05) is 96.5 Å². The number of azo groups is 2. The van der Waals surface area contributed by atoms with E-state index in [2.05, 4.69) is 31.3 Å². The second-order valence-corrected chi connectivity index (χ2v) is 14.7. The minimum atomic E-state index is -0.526. The molecular weight excluding hydrogens is 760 g/mol. The number of hydrogen-bond donors (Lipinski definition) is 4. The molecule has 10 nitrogen and oxygen atoms in total. The Kier molecular flexibility index (Phi) is 10.00. The highest BCUT2D eigenvalue weighted by molar-refractivity contribution is 6.34. The number of phenolic OH excluding ortho intramolecular Hbond substituents is 2. The van der Waals surface area contributed by atoms with Crippen LogP contribution < -0.4 is 10.8 Å². The van der Waals surface area contributed by atoms with Gasteiger partial charge >= 0.3 is 0 Å². The number of amides is 1. The summed E-state index contributed by atoms with van der Waals surface area (Å²) in [4.78, 5) is 19.1. The Morgan fingerprint density at radius 3 is 1.93 bits per heavy atom. The molecule has 1 amide bonds. The van der Waals surface area contributed by atoms with Crippen LogP contribution in [0.5, 0.6) is 11.5 Å². The molecule has 0 unspecified atom stereocenters. The van der Waals surface area contributed by atoms with E-state index in [1.807, 2.05) is 122 Å². The number of benzene rings is 8. The highest BCUT2D eigenvalue weighted by atomic mass is 35.5. The molecule has 0 saturated heterocycles. The van der Waals surface area contributed by atoms with Crippen LogP contribution >= 0.6 is 11.6 Å². The Labute approximate surface area is 344 Å². The number of halogens is 1. The van der Waals surface area contributed by atoms with Gasteiger partial charge in [0.05, 0.1) is 33.3 Å². The summed E-state index contributed by atoms with van der Waals surface area (Å²) in [7, 11) is 0. The smallest absolute Gasteiger partial charge is 0.259 e. The van der Waals surface area contributed by atoms with Crippen molar-refractivity contribution >= 4 is 73.2 Å². The number of carbonyl (C=O) groups is 1. The van der Waals surface area contributed by atoms with Gasteiger partial charge < -0.3 is 15.5 Å². The van der Waals surface area contributed by atoms with Crippen molar-refractivity contribution < 1.29 is 19.8 Å². The van der Waals surface area contributed by atoms with E-state index in [1.165, 1.54) is 0 Å². The molecule has 0 bridgehead atoms. The number of nitrogens with zero attached hydrogens (tertiary/aromatic N) is 4.